The summed E-state index contributed by atoms with van der Waals surface area (Å²) < 4.78 is 0. The first-order valence-corrected chi connectivity index (χ1v) is 4.97. The van der Waals surface area contributed by atoms with Crippen LogP contribution in [0.4, 0.5) is 0 Å². The van der Waals surface area contributed by atoms with Gasteiger partial charge in [0.15, 0.2) is 0 Å². The number of unbranched alkanes of at least 4 members (excludes halogenated alkanes) is 2. The van der Waals surface area contributed by atoms with Crippen LogP contribution >= 0.6 is 0 Å². The zero-order valence-corrected chi connectivity index (χ0v) is 8.44. The molecule has 0 fully saturated rings. The molecule has 0 aliphatic heterocycles. The molecule has 1 radical (unpaired) electrons. The molecule has 0 heterocycles. The lowest BCUT2D eigenvalue weighted by Crippen LogP contribution is -1.95. The van der Waals surface area contributed by atoms with Crippen molar-refractivity contribution in [3.63, 3.8) is 0 Å². The highest BCUT2D eigenvalue weighted by atomic mass is 16.1. The molecule has 0 spiro atoms. The van der Waals surface area contributed by atoms with E-state index in [-0.39, 0.29) is 0 Å². The largest absolute Gasteiger partial charge is 0.300 e. The van der Waals surface area contributed by atoms with Crippen LogP contribution in [0.5, 0.6) is 0 Å². The molecule has 1 nitrogen and oxygen atoms in total. The smallest absolute Gasteiger partial charge is 0.132 e. The zero-order chi connectivity index (χ0) is 9.40. The Balaban J connectivity index is 3.05. The number of carbonyl (C=O) groups excluding carboxylic acids is 1. The Morgan fingerprint density at radius 2 is 1.92 bits per heavy atom. The van der Waals surface area contributed by atoms with Crippen molar-refractivity contribution < 1.29 is 4.79 Å². The van der Waals surface area contributed by atoms with Gasteiger partial charge in [-0.3, -0.25) is 4.79 Å². The van der Waals surface area contributed by atoms with Crippen molar-refractivity contribution in [2.45, 2.75) is 52.4 Å². The number of rotatable bonds is 7. The van der Waals surface area contributed by atoms with Crippen molar-refractivity contribution in [3.05, 3.63) is 6.92 Å². The first-order chi connectivity index (χ1) is 5.66. The predicted molar refractivity (Wildman–Crippen MR) is 52.9 cm³/mol. The molecule has 0 aliphatic carbocycles. The van der Waals surface area contributed by atoms with Crippen LogP contribution in [0.25, 0.3) is 0 Å². The maximum atomic E-state index is 10.8. The number of hydrogen-bond donors (Lipinski definition) is 0. The van der Waals surface area contributed by atoms with Crippen molar-refractivity contribution in [1.82, 2.24) is 0 Å². The molecule has 71 valence electrons. The second kappa shape index (κ2) is 7.33. The van der Waals surface area contributed by atoms with E-state index in [9.17, 15) is 4.79 Å². The zero-order valence-electron chi connectivity index (χ0n) is 8.44. The van der Waals surface area contributed by atoms with Gasteiger partial charge in [0.25, 0.3) is 0 Å². The summed E-state index contributed by atoms with van der Waals surface area (Å²) in [6.45, 7) is 8.04. The summed E-state index contributed by atoms with van der Waals surface area (Å²) in [5.74, 6) is 1.10. The third-order valence-electron chi connectivity index (χ3n) is 2.02. The molecule has 1 heteroatoms. The van der Waals surface area contributed by atoms with Crippen molar-refractivity contribution in [3.8, 4) is 0 Å². The molecule has 0 aliphatic rings. The molecule has 0 saturated heterocycles. The van der Waals surface area contributed by atoms with Gasteiger partial charge >= 0.3 is 0 Å². The van der Waals surface area contributed by atoms with Crippen LogP contribution < -0.4 is 0 Å². The highest BCUT2D eigenvalue weighted by Crippen LogP contribution is 2.09. The van der Waals surface area contributed by atoms with E-state index in [1.165, 1.54) is 19.3 Å². The van der Waals surface area contributed by atoms with E-state index in [1.54, 1.807) is 0 Å². The van der Waals surface area contributed by atoms with Crippen LogP contribution in [0.2, 0.25) is 0 Å². The van der Waals surface area contributed by atoms with Crippen molar-refractivity contribution in [2.75, 3.05) is 0 Å². The molecule has 0 bridgehead atoms. The van der Waals surface area contributed by atoms with E-state index >= 15 is 0 Å². The quantitative estimate of drug-likeness (QED) is 0.534. The van der Waals surface area contributed by atoms with Crippen molar-refractivity contribution in [2.24, 2.45) is 5.92 Å². The van der Waals surface area contributed by atoms with Gasteiger partial charge in [-0.05, 0) is 19.3 Å². The number of carbonyl (C=O) groups is 1. The molecular weight excluding hydrogens is 148 g/mol. The summed E-state index contributed by atoms with van der Waals surface area (Å²) in [6.07, 6.45) is 6.01. The van der Waals surface area contributed by atoms with Gasteiger partial charge in [-0.25, -0.2) is 0 Å². The monoisotopic (exact) mass is 169 g/mol. The average molecular weight is 169 g/mol. The fourth-order valence-electron chi connectivity index (χ4n) is 1.18. The van der Waals surface area contributed by atoms with E-state index in [0.717, 1.165) is 18.8 Å². The molecular formula is C11H21O. The van der Waals surface area contributed by atoms with Gasteiger partial charge < -0.3 is 0 Å². The Kier molecular flexibility index (Phi) is 7.12. The summed E-state index contributed by atoms with van der Waals surface area (Å²) in [6, 6.07) is 0. The van der Waals surface area contributed by atoms with Crippen LogP contribution in [0, 0.1) is 12.8 Å². The molecule has 0 N–H and O–H groups in total. The number of ketones is 1. The van der Waals surface area contributed by atoms with Gasteiger partial charge in [-0.2, -0.15) is 0 Å². The normalized spacial score (nSPS) is 10.7. The van der Waals surface area contributed by atoms with Crippen molar-refractivity contribution in [1.29, 1.82) is 0 Å². The van der Waals surface area contributed by atoms with Crippen molar-refractivity contribution >= 4 is 5.78 Å². The molecule has 0 unspecified atom stereocenters. The lowest BCUT2D eigenvalue weighted by molar-refractivity contribution is -0.118. The molecule has 0 aromatic heterocycles. The fraction of sp³-hybridized carbons (Fsp3) is 0.818. The number of hydrogen-bond acceptors (Lipinski definition) is 1. The molecule has 0 aromatic carbocycles. The average Bonchev–Trinajstić information content (AvgIpc) is 2.03. The number of Topliss-reactive ketones (excluding diaryl/α,β-unsaturated/α-hetero) is 1. The molecule has 0 rings (SSSR count). The minimum atomic E-state index is 0.305. The van der Waals surface area contributed by atoms with E-state index in [2.05, 4.69) is 20.8 Å². The SMILES string of the molecule is [CH2]CC(=O)CCCCCC(C)C. The minimum absolute atomic E-state index is 0.305. The maximum absolute atomic E-state index is 10.8. The molecule has 0 atom stereocenters. The van der Waals surface area contributed by atoms with Crippen LogP contribution in [0.1, 0.15) is 52.4 Å². The second-order valence-electron chi connectivity index (χ2n) is 3.78. The summed E-state index contributed by atoms with van der Waals surface area (Å²) in [5.41, 5.74) is 0. The van der Waals surface area contributed by atoms with E-state index in [4.69, 9.17) is 0 Å². The first-order valence-electron chi connectivity index (χ1n) is 4.97. The van der Waals surface area contributed by atoms with Crippen LogP contribution in [-0.4, -0.2) is 5.78 Å². The highest BCUT2D eigenvalue weighted by Gasteiger charge is 1.98. The molecule has 0 aromatic rings. The van der Waals surface area contributed by atoms with Gasteiger partial charge in [0, 0.05) is 12.8 Å². The molecule has 0 saturated carbocycles. The standard InChI is InChI=1S/C11H21O/c1-4-11(12)9-7-5-6-8-10(2)3/h10H,1,4-9H2,2-3H3. The molecule has 12 heavy (non-hydrogen) atoms. The maximum Gasteiger partial charge on any atom is 0.132 e. The lowest BCUT2D eigenvalue weighted by Gasteiger charge is -2.03. The summed E-state index contributed by atoms with van der Waals surface area (Å²) in [5, 5.41) is 0. The topological polar surface area (TPSA) is 17.1 Å². The van der Waals surface area contributed by atoms with Gasteiger partial charge in [0.2, 0.25) is 0 Å². The van der Waals surface area contributed by atoms with E-state index in [1.807, 2.05) is 0 Å². The van der Waals surface area contributed by atoms with Crippen LogP contribution in [-0.2, 0) is 4.79 Å². The first kappa shape index (κ1) is 11.7. The minimum Gasteiger partial charge on any atom is -0.300 e. The summed E-state index contributed by atoms with van der Waals surface area (Å²) in [4.78, 5) is 10.8. The highest BCUT2D eigenvalue weighted by molar-refractivity contribution is 5.78. The summed E-state index contributed by atoms with van der Waals surface area (Å²) >= 11 is 0. The summed E-state index contributed by atoms with van der Waals surface area (Å²) in [7, 11) is 0. The second-order valence-corrected chi connectivity index (χ2v) is 3.78. The Morgan fingerprint density at radius 3 is 2.42 bits per heavy atom. The van der Waals surface area contributed by atoms with Gasteiger partial charge in [0.1, 0.15) is 5.78 Å². The Hall–Kier alpha value is -0.330. The van der Waals surface area contributed by atoms with Gasteiger partial charge in [-0.1, -0.05) is 33.1 Å². The Labute approximate surface area is 76.6 Å². The van der Waals surface area contributed by atoms with Gasteiger partial charge in [-0.15, -0.1) is 0 Å². The van der Waals surface area contributed by atoms with Gasteiger partial charge in [0.05, 0.1) is 0 Å². The van der Waals surface area contributed by atoms with E-state index in [0.29, 0.717) is 12.2 Å². The lowest BCUT2D eigenvalue weighted by atomic mass is 10.0. The third kappa shape index (κ3) is 7.77. The van der Waals surface area contributed by atoms with E-state index < -0.39 is 0 Å². The molecule has 0 amide bonds. The predicted octanol–water partition coefficient (Wildman–Crippen LogP) is 3.39. The Morgan fingerprint density at radius 1 is 1.25 bits per heavy atom. The van der Waals surface area contributed by atoms with Crippen LogP contribution in [0.3, 0.4) is 0 Å². The Bertz CT molecular complexity index is 116. The van der Waals surface area contributed by atoms with Crippen LogP contribution in [0.15, 0.2) is 0 Å². The third-order valence-corrected chi connectivity index (χ3v) is 2.02. The fourth-order valence-corrected chi connectivity index (χ4v) is 1.18.